The minimum Gasteiger partial charge on any atom is -0.493 e. The molecule has 3 heterocycles. The van der Waals surface area contributed by atoms with Gasteiger partial charge >= 0.3 is 0 Å². The van der Waals surface area contributed by atoms with Crippen LogP contribution in [0.4, 0.5) is 4.39 Å². The molecule has 2 aromatic rings. The van der Waals surface area contributed by atoms with Crippen LogP contribution in [0.2, 0.25) is 0 Å². The Morgan fingerprint density at radius 1 is 1.27 bits per heavy atom. The highest BCUT2D eigenvalue weighted by Gasteiger charge is 2.41. The third kappa shape index (κ3) is 4.50. The lowest BCUT2D eigenvalue weighted by Crippen LogP contribution is -2.52. The van der Waals surface area contributed by atoms with Crippen LogP contribution < -0.4 is 20.5 Å². The molecule has 0 saturated heterocycles. The number of aliphatic imine (C=N–C) groups is 1. The van der Waals surface area contributed by atoms with E-state index in [-0.39, 0.29) is 18.3 Å². The van der Waals surface area contributed by atoms with Gasteiger partial charge in [-0.15, -0.1) is 0 Å². The number of carbonyl (C=O) groups is 2. The van der Waals surface area contributed by atoms with Crippen LogP contribution in [0.5, 0.6) is 11.5 Å². The Labute approximate surface area is 214 Å². The van der Waals surface area contributed by atoms with E-state index in [1.165, 1.54) is 23.1 Å². The molecule has 2 aromatic carbocycles. The number of hydrogen-bond acceptors (Lipinski definition) is 7. The number of amides is 2. The van der Waals surface area contributed by atoms with Crippen LogP contribution in [0.25, 0.3) is 0 Å². The minimum atomic E-state index is -1.08. The monoisotopic (exact) mass is 510 g/mol. The van der Waals surface area contributed by atoms with E-state index in [4.69, 9.17) is 15.2 Å². The van der Waals surface area contributed by atoms with Gasteiger partial charge in [0.15, 0.2) is 5.96 Å². The van der Waals surface area contributed by atoms with Crippen molar-refractivity contribution in [2.75, 3.05) is 6.61 Å². The summed E-state index contributed by atoms with van der Waals surface area (Å²) in [4.78, 5) is 32.6. The van der Waals surface area contributed by atoms with E-state index in [0.29, 0.717) is 47.6 Å². The van der Waals surface area contributed by atoms with Gasteiger partial charge in [0.25, 0.3) is 5.91 Å². The van der Waals surface area contributed by atoms with Crippen molar-refractivity contribution in [2.45, 2.75) is 69.9 Å². The lowest BCUT2D eigenvalue weighted by molar-refractivity contribution is -0.131. The Bertz CT molecular complexity index is 1280. The lowest BCUT2D eigenvalue weighted by Gasteiger charge is -2.40. The Hall–Kier alpha value is -3.66. The molecule has 0 aliphatic carbocycles. The summed E-state index contributed by atoms with van der Waals surface area (Å²) < 4.78 is 25.5. The van der Waals surface area contributed by atoms with Crippen LogP contribution >= 0.6 is 0 Å². The molecule has 4 N–H and O–H groups in total. The molecule has 0 bridgehead atoms. The minimum absolute atomic E-state index is 0.123. The number of aliphatic hydroxyl groups is 1. The van der Waals surface area contributed by atoms with Gasteiger partial charge in [-0.25, -0.2) is 9.38 Å². The highest BCUT2D eigenvalue weighted by molar-refractivity contribution is 6.00. The number of nitrogens with one attached hydrogen (secondary N) is 1. The molecular weight excluding hydrogens is 479 g/mol. The number of nitrogens with zero attached hydrogens (tertiary/aromatic N) is 2. The highest BCUT2D eigenvalue weighted by Crippen LogP contribution is 2.40. The van der Waals surface area contributed by atoms with Crippen molar-refractivity contribution in [2.24, 2.45) is 10.7 Å². The molecule has 9 nitrogen and oxygen atoms in total. The van der Waals surface area contributed by atoms with Gasteiger partial charge in [0.1, 0.15) is 29.5 Å². The number of aliphatic hydroxyl groups excluding tert-OH is 1. The van der Waals surface area contributed by atoms with Crippen LogP contribution in [-0.2, 0) is 4.79 Å². The van der Waals surface area contributed by atoms with Crippen LogP contribution in [0.3, 0.4) is 0 Å². The van der Waals surface area contributed by atoms with Crippen molar-refractivity contribution in [3.8, 4) is 11.5 Å². The molecule has 3 aliphatic heterocycles. The van der Waals surface area contributed by atoms with Gasteiger partial charge in [0, 0.05) is 23.1 Å². The topological polar surface area (TPSA) is 126 Å². The van der Waals surface area contributed by atoms with Crippen molar-refractivity contribution in [3.63, 3.8) is 0 Å². The van der Waals surface area contributed by atoms with Crippen LogP contribution in [0.15, 0.2) is 41.4 Å². The van der Waals surface area contributed by atoms with Gasteiger partial charge in [-0.2, -0.15) is 0 Å². The molecule has 1 unspecified atom stereocenters. The number of rotatable bonds is 4. The molecule has 3 aliphatic rings. The van der Waals surface area contributed by atoms with Crippen molar-refractivity contribution >= 4 is 17.8 Å². The van der Waals surface area contributed by atoms with Crippen molar-refractivity contribution in [3.05, 3.63) is 58.9 Å². The molecule has 0 aromatic heterocycles. The summed E-state index contributed by atoms with van der Waals surface area (Å²) in [5.74, 6) is 0.0337. The quantitative estimate of drug-likeness (QED) is 0.581. The largest absolute Gasteiger partial charge is 0.493 e. The molecule has 0 spiro atoms. The molecule has 37 heavy (non-hydrogen) atoms. The van der Waals surface area contributed by atoms with Crippen molar-refractivity contribution in [1.82, 2.24) is 10.2 Å². The van der Waals surface area contributed by atoms with Gasteiger partial charge in [0.05, 0.1) is 30.7 Å². The van der Waals surface area contributed by atoms with E-state index in [9.17, 15) is 19.1 Å². The van der Waals surface area contributed by atoms with Crippen LogP contribution in [0, 0.1) is 5.82 Å². The zero-order chi connectivity index (χ0) is 26.5. The summed E-state index contributed by atoms with van der Waals surface area (Å²) in [6.45, 7) is 5.95. The van der Waals surface area contributed by atoms with E-state index < -0.39 is 41.6 Å². The third-order valence-electron chi connectivity index (χ3n) is 7.51. The first-order valence-electron chi connectivity index (χ1n) is 12.5. The lowest BCUT2D eigenvalue weighted by atomic mass is 9.90. The molecule has 5 atom stereocenters. The summed E-state index contributed by atoms with van der Waals surface area (Å²) in [6.07, 6.45) is -0.267. The molecule has 2 amide bonds. The van der Waals surface area contributed by atoms with E-state index in [0.717, 1.165) is 0 Å². The number of halogens is 1. The molecule has 0 fully saturated rings. The van der Waals surface area contributed by atoms with E-state index in [2.05, 4.69) is 10.3 Å². The predicted octanol–water partition coefficient (Wildman–Crippen LogP) is 2.98. The van der Waals surface area contributed by atoms with E-state index in [1.807, 2.05) is 13.8 Å². The summed E-state index contributed by atoms with van der Waals surface area (Å²) in [6, 6.07) is 7.67. The van der Waals surface area contributed by atoms with Crippen molar-refractivity contribution in [1.29, 1.82) is 0 Å². The Balaban J connectivity index is 1.45. The first-order valence-corrected chi connectivity index (χ1v) is 12.5. The number of fused-ring (bicyclic) bond motifs is 2. The number of ether oxygens (including phenoxy) is 2. The van der Waals surface area contributed by atoms with Gasteiger partial charge in [-0.3, -0.25) is 14.5 Å². The average Bonchev–Trinajstić information content (AvgIpc) is 2.86. The van der Waals surface area contributed by atoms with Gasteiger partial charge in [-0.1, -0.05) is 6.92 Å². The van der Waals surface area contributed by atoms with Crippen molar-refractivity contribution < 1.29 is 28.6 Å². The van der Waals surface area contributed by atoms with Gasteiger partial charge in [-0.05, 0) is 56.7 Å². The number of benzene rings is 2. The SMILES string of the molecule is CC[C@@]1(C)CC(=O)N([C@@H]2CCOc3ccc(C(=O)N[C@@H]4c5cc(F)ccc5OC(C)[C@H]4O)cc32)C(N)=N1. The fourth-order valence-electron chi connectivity index (χ4n) is 5.21. The number of nitrogens with two attached hydrogens (primary N) is 1. The maximum absolute atomic E-state index is 14.0. The Kier molecular flexibility index (Phi) is 6.31. The second-order valence-corrected chi connectivity index (χ2v) is 10.1. The fraction of sp³-hybridized carbons (Fsp3) is 0.444. The number of carbonyl (C=O) groups excluding carboxylic acids is 2. The zero-order valence-corrected chi connectivity index (χ0v) is 21.0. The summed E-state index contributed by atoms with van der Waals surface area (Å²) in [7, 11) is 0. The molecular formula is C27H31FN4O5. The summed E-state index contributed by atoms with van der Waals surface area (Å²) in [5, 5.41) is 13.6. The van der Waals surface area contributed by atoms with E-state index in [1.54, 1.807) is 25.1 Å². The van der Waals surface area contributed by atoms with Gasteiger partial charge < -0.3 is 25.6 Å². The first kappa shape index (κ1) is 25.0. The predicted molar refractivity (Wildman–Crippen MR) is 134 cm³/mol. The third-order valence-corrected chi connectivity index (χ3v) is 7.51. The summed E-state index contributed by atoms with van der Waals surface area (Å²) >= 11 is 0. The van der Waals surface area contributed by atoms with Crippen LogP contribution in [-0.4, -0.2) is 52.1 Å². The Morgan fingerprint density at radius 2 is 2.03 bits per heavy atom. The maximum Gasteiger partial charge on any atom is 0.251 e. The second-order valence-electron chi connectivity index (χ2n) is 10.1. The second kappa shape index (κ2) is 9.33. The number of hydrogen-bond donors (Lipinski definition) is 3. The normalized spacial score (nSPS) is 28.8. The summed E-state index contributed by atoms with van der Waals surface area (Å²) in [5.41, 5.74) is 7.06. The highest BCUT2D eigenvalue weighted by atomic mass is 19.1. The number of guanidine groups is 1. The molecule has 5 rings (SSSR count). The van der Waals surface area contributed by atoms with Gasteiger partial charge in [0.2, 0.25) is 5.91 Å². The fourth-order valence-corrected chi connectivity index (χ4v) is 5.21. The maximum atomic E-state index is 14.0. The standard InChI is InChI=1S/C27H31FN4O5/c1-4-27(3)13-22(33)32(26(29)31-27)19-9-10-36-20-7-5-15(11-17(19)20)25(35)30-23-18-12-16(28)6-8-21(18)37-14(2)24(23)34/h5-8,11-12,14,19,23-24,34H,4,9-10,13H2,1-3H3,(H2,29,31)(H,30,35)/t14?,19-,23-,24-,27+/m1/s1. The van der Waals surface area contributed by atoms with E-state index >= 15 is 0 Å². The Morgan fingerprint density at radius 3 is 2.76 bits per heavy atom. The van der Waals surface area contributed by atoms with Crippen LogP contribution in [0.1, 0.15) is 73.6 Å². The molecule has 0 radical (unpaired) electrons. The molecule has 196 valence electrons. The molecule has 0 saturated carbocycles. The molecule has 10 heteroatoms. The first-order chi connectivity index (χ1) is 17.6. The average molecular weight is 511 g/mol. The zero-order valence-electron chi connectivity index (χ0n) is 21.0. The smallest absolute Gasteiger partial charge is 0.251 e.